The highest BCUT2D eigenvalue weighted by Gasteiger charge is 2.01. The highest BCUT2D eigenvalue weighted by Crippen LogP contribution is 1.90. The minimum Gasteiger partial charge on any atom is -0.395 e. The molecule has 0 amide bonds. The van der Waals surface area contributed by atoms with Gasteiger partial charge in [-0.3, -0.25) is 14.6 Å². The molecule has 9 nitrogen and oxygen atoms in total. The van der Waals surface area contributed by atoms with Crippen LogP contribution in [-0.4, -0.2) is 108 Å². The Morgan fingerprint density at radius 3 is 1.29 bits per heavy atom. The van der Waals surface area contributed by atoms with E-state index in [1.165, 1.54) is 5.23 Å². The number of hydroxylamine groups is 2. The van der Waals surface area contributed by atoms with Crippen LogP contribution in [-0.2, 0) is 9.68 Å². The fourth-order valence-electron chi connectivity index (χ4n) is 1.26. The van der Waals surface area contributed by atoms with Crippen LogP contribution in [0.1, 0.15) is 6.92 Å². The maximum Gasteiger partial charge on any atom is 0.0942 e. The second-order valence-corrected chi connectivity index (χ2v) is 3.78. The Morgan fingerprint density at radius 1 is 0.667 bits per heavy atom. The van der Waals surface area contributed by atoms with E-state index >= 15 is 0 Å². The van der Waals surface area contributed by atoms with E-state index in [0.29, 0.717) is 26.2 Å². The van der Waals surface area contributed by atoms with Gasteiger partial charge in [-0.2, -0.15) is 0 Å². The van der Waals surface area contributed by atoms with Gasteiger partial charge in [0.05, 0.1) is 46.2 Å². The summed E-state index contributed by atoms with van der Waals surface area (Å²) in [5.74, 6) is 0. The number of rotatable bonds is 13. The first-order chi connectivity index (χ1) is 10.2. The fraction of sp³-hybridized carbons (Fsp3) is 1.00. The highest BCUT2D eigenvalue weighted by molar-refractivity contribution is 4.54. The summed E-state index contributed by atoms with van der Waals surface area (Å²) in [6.45, 7) is 4.48. The third-order valence-corrected chi connectivity index (χ3v) is 2.16. The lowest BCUT2D eigenvalue weighted by Gasteiger charge is -2.17. The molecule has 0 rings (SSSR count). The molecule has 130 valence electrons. The molecule has 0 aromatic carbocycles. The van der Waals surface area contributed by atoms with Crippen molar-refractivity contribution in [2.45, 2.75) is 6.92 Å². The molecule has 0 heterocycles. The summed E-state index contributed by atoms with van der Waals surface area (Å²) < 4.78 is 0. The summed E-state index contributed by atoms with van der Waals surface area (Å²) in [5.41, 5.74) is 0. The van der Waals surface area contributed by atoms with Crippen molar-refractivity contribution >= 4 is 0 Å². The van der Waals surface area contributed by atoms with E-state index in [1.807, 2.05) is 6.92 Å². The second-order valence-electron chi connectivity index (χ2n) is 3.78. The molecule has 0 saturated carbocycles. The number of aliphatic hydroxyl groups excluding tert-OH is 5. The number of hydrogen-bond donors (Lipinski definition) is 5. The number of hydrogen-bond acceptors (Lipinski definition) is 9. The molecule has 0 aliphatic carbocycles. The van der Waals surface area contributed by atoms with E-state index in [9.17, 15) is 0 Å². The van der Waals surface area contributed by atoms with E-state index in [4.69, 9.17) is 35.2 Å². The Hall–Kier alpha value is -0.360. The topological polar surface area (TPSA) is 126 Å². The van der Waals surface area contributed by atoms with Crippen LogP contribution in [0.3, 0.4) is 0 Å². The molecule has 0 aliphatic heterocycles. The minimum atomic E-state index is -0.0427. The fourth-order valence-corrected chi connectivity index (χ4v) is 1.26. The first-order valence-electron chi connectivity index (χ1n) is 7.00. The SMILES string of the molecule is CCN(OCCO)OCCO.OCCN(CCO)CCO. The Labute approximate surface area is 125 Å². The predicted molar refractivity (Wildman–Crippen MR) is 76.2 cm³/mol. The standard InChI is InChI=1S/C6H15NO4.C6H15NO3/c1-2-7(10-5-3-8)11-6-4-9;8-4-1-7(2-5-9)3-6-10/h8-9H,2-6H2,1H3;8-10H,1-6H2. The molecule has 0 aromatic heterocycles. The minimum absolute atomic E-state index is 0.0427. The van der Waals surface area contributed by atoms with Gasteiger partial charge in [-0.05, 0) is 6.92 Å². The van der Waals surface area contributed by atoms with E-state index < -0.39 is 0 Å². The van der Waals surface area contributed by atoms with E-state index in [1.54, 1.807) is 4.90 Å². The number of nitrogens with zero attached hydrogens (tertiary/aromatic N) is 2. The van der Waals surface area contributed by atoms with Crippen molar-refractivity contribution in [1.82, 2.24) is 10.1 Å². The lowest BCUT2D eigenvalue weighted by Crippen LogP contribution is -2.32. The van der Waals surface area contributed by atoms with E-state index in [-0.39, 0.29) is 46.2 Å². The van der Waals surface area contributed by atoms with Crippen molar-refractivity contribution in [3.05, 3.63) is 0 Å². The molecule has 0 radical (unpaired) electrons. The molecular weight excluding hydrogens is 284 g/mol. The van der Waals surface area contributed by atoms with Gasteiger partial charge in [-0.1, -0.05) is 5.23 Å². The lowest BCUT2D eigenvalue weighted by atomic mass is 10.4. The zero-order chi connectivity index (χ0) is 16.3. The first kappa shape index (κ1) is 22.9. The van der Waals surface area contributed by atoms with E-state index in [0.717, 1.165) is 0 Å². The van der Waals surface area contributed by atoms with Crippen LogP contribution in [0.2, 0.25) is 0 Å². The molecule has 0 unspecified atom stereocenters. The Bertz CT molecular complexity index is 167. The van der Waals surface area contributed by atoms with E-state index in [2.05, 4.69) is 0 Å². The zero-order valence-corrected chi connectivity index (χ0v) is 12.7. The van der Waals surface area contributed by atoms with Crippen LogP contribution in [0.15, 0.2) is 0 Å². The van der Waals surface area contributed by atoms with Crippen molar-refractivity contribution in [2.24, 2.45) is 0 Å². The molecule has 0 aliphatic rings. The van der Waals surface area contributed by atoms with Crippen molar-refractivity contribution in [2.75, 3.05) is 72.4 Å². The maximum absolute atomic E-state index is 8.48. The highest BCUT2D eigenvalue weighted by atomic mass is 16.9. The van der Waals surface area contributed by atoms with Crippen molar-refractivity contribution in [1.29, 1.82) is 0 Å². The summed E-state index contributed by atoms with van der Waals surface area (Å²) in [7, 11) is 0. The quantitative estimate of drug-likeness (QED) is 0.233. The van der Waals surface area contributed by atoms with Crippen molar-refractivity contribution in [3.63, 3.8) is 0 Å². The van der Waals surface area contributed by atoms with Gasteiger partial charge in [0.2, 0.25) is 0 Å². The summed E-state index contributed by atoms with van der Waals surface area (Å²) in [4.78, 5) is 11.6. The third-order valence-electron chi connectivity index (χ3n) is 2.16. The monoisotopic (exact) mass is 314 g/mol. The van der Waals surface area contributed by atoms with Crippen molar-refractivity contribution in [3.8, 4) is 0 Å². The third kappa shape index (κ3) is 17.6. The largest absolute Gasteiger partial charge is 0.395 e. The van der Waals surface area contributed by atoms with Crippen LogP contribution in [0, 0.1) is 0 Å². The molecular formula is C12H30N2O7. The van der Waals surface area contributed by atoms with Crippen LogP contribution in [0.25, 0.3) is 0 Å². The molecule has 0 saturated heterocycles. The van der Waals surface area contributed by atoms with Gasteiger partial charge in [0.1, 0.15) is 0 Å². The molecule has 0 bridgehead atoms. The molecule has 0 spiro atoms. The zero-order valence-electron chi connectivity index (χ0n) is 12.7. The Balaban J connectivity index is 0. The lowest BCUT2D eigenvalue weighted by molar-refractivity contribution is -0.369. The van der Waals surface area contributed by atoms with Gasteiger partial charge in [-0.25, -0.2) is 0 Å². The van der Waals surface area contributed by atoms with Crippen LogP contribution in [0.4, 0.5) is 0 Å². The molecule has 0 aromatic rings. The second kappa shape index (κ2) is 19.6. The normalized spacial score (nSPS) is 10.9. The average molecular weight is 314 g/mol. The van der Waals surface area contributed by atoms with Crippen LogP contribution >= 0.6 is 0 Å². The van der Waals surface area contributed by atoms with Gasteiger partial charge in [0.25, 0.3) is 0 Å². The molecule has 5 N–H and O–H groups in total. The first-order valence-corrected chi connectivity index (χ1v) is 7.00. The predicted octanol–water partition coefficient (Wildman–Crippen LogP) is -2.58. The molecule has 9 heteroatoms. The number of aliphatic hydroxyl groups is 5. The Morgan fingerprint density at radius 2 is 1.05 bits per heavy atom. The maximum atomic E-state index is 8.48. The summed E-state index contributed by atoms with van der Waals surface area (Å²) >= 11 is 0. The van der Waals surface area contributed by atoms with Crippen LogP contribution in [0.5, 0.6) is 0 Å². The summed E-state index contributed by atoms with van der Waals surface area (Å²) in [6, 6.07) is 0. The molecule has 21 heavy (non-hydrogen) atoms. The summed E-state index contributed by atoms with van der Waals surface area (Å²) in [5, 5.41) is 43.4. The molecule has 0 fully saturated rings. The van der Waals surface area contributed by atoms with Gasteiger partial charge in [-0.15, -0.1) is 0 Å². The smallest absolute Gasteiger partial charge is 0.0942 e. The van der Waals surface area contributed by atoms with Gasteiger partial charge >= 0.3 is 0 Å². The average Bonchev–Trinajstić information content (AvgIpc) is 2.49. The Kier molecular flexibility index (Phi) is 21.4. The molecule has 0 atom stereocenters. The van der Waals surface area contributed by atoms with Crippen molar-refractivity contribution < 1.29 is 35.2 Å². The van der Waals surface area contributed by atoms with Gasteiger partial charge < -0.3 is 25.5 Å². The van der Waals surface area contributed by atoms with Gasteiger partial charge in [0, 0.05) is 26.2 Å². The van der Waals surface area contributed by atoms with Gasteiger partial charge in [0.15, 0.2) is 0 Å². The summed E-state index contributed by atoms with van der Waals surface area (Å²) in [6.07, 6.45) is 0. The van der Waals surface area contributed by atoms with Crippen LogP contribution < -0.4 is 0 Å².